The molecule has 0 N–H and O–H groups in total. The molecule has 0 spiro atoms. The van der Waals surface area contributed by atoms with Gasteiger partial charge in [0.05, 0.1) is 27.2 Å². The predicted molar refractivity (Wildman–Crippen MR) is 53.9 cm³/mol. The van der Waals surface area contributed by atoms with Crippen LogP contribution < -0.4 is 0 Å². The second-order valence-electron chi connectivity index (χ2n) is 3.91. The maximum atomic E-state index is 11.4. The maximum absolute atomic E-state index is 11.4. The van der Waals surface area contributed by atoms with Crippen molar-refractivity contribution in [2.45, 2.75) is 26.7 Å². The van der Waals surface area contributed by atoms with Crippen molar-refractivity contribution < 1.29 is 18.8 Å². The van der Waals surface area contributed by atoms with E-state index in [4.69, 9.17) is 4.74 Å². The third-order valence-electron chi connectivity index (χ3n) is 2.01. The summed E-state index contributed by atoms with van der Waals surface area (Å²) in [4.78, 5) is 22.1. The van der Waals surface area contributed by atoms with Crippen LogP contribution in [0.3, 0.4) is 0 Å². The van der Waals surface area contributed by atoms with E-state index in [2.05, 4.69) is 0 Å². The standard InChI is InChI=1S/C10H20NO3/c1-5-14-10(13)11(3,4)8-6-7-9(2)12/h5-8H2,1-4H3/q+1. The van der Waals surface area contributed by atoms with E-state index in [0.717, 1.165) is 6.42 Å². The summed E-state index contributed by atoms with van der Waals surface area (Å²) >= 11 is 0. The number of hydrogen-bond acceptors (Lipinski definition) is 3. The molecule has 0 unspecified atom stereocenters. The zero-order valence-corrected chi connectivity index (χ0v) is 9.50. The van der Waals surface area contributed by atoms with Crippen LogP contribution in [0.25, 0.3) is 0 Å². The van der Waals surface area contributed by atoms with Crippen molar-refractivity contribution in [3.05, 3.63) is 0 Å². The van der Waals surface area contributed by atoms with Crippen molar-refractivity contribution in [3.63, 3.8) is 0 Å². The van der Waals surface area contributed by atoms with Crippen LogP contribution >= 0.6 is 0 Å². The number of hydrogen-bond donors (Lipinski definition) is 0. The van der Waals surface area contributed by atoms with E-state index < -0.39 is 0 Å². The fourth-order valence-electron chi connectivity index (χ4n) is 1.11. The molecule has 0 atom stereocenters. The Morgan fingerprint density at radius 3 is 2.29 bits per heavy atom. The minimum Gasteiger partial charge on any atom is -0.420 e. The molecule has 1 amide bonds. The van der Waals surface area contributed by atoms with Crippen molar-refractivity contribution in [2.75, 3.05) is 27.2 Å². The van der Waals surface area contributed by atoms with Crippen LogP contribution in [-0.2, 0) is 9.53 Å². The van der Waals surface area contributed by atoms with E-state index in [9.17, 15) is 9.59 Å². The fourth-order valence-corrected chi connectivity index (χ4v) is 1.11. The Hall–Kier alpha value is -0.900. The van der Waals surface area contributed by atoms with Gasteiger partial charge in [0.15, 0.2) is 0 Å². The SMILES string of the molecule is CCOC(=O)[N+](C)(C)CCCC(C)=O. The predicted octanol–water partition coefficient (Wildman–Crippen LogP) is 1.59. The lowest BCUT2D eigenvalue weighted by Gasteiger charge is -2.24. The van der Waals surface area contributed by atoms with E-state index in [1.165, 1.54) is 0 Å². The average molecular weight is 202 g/mol. The molecule has 14 heavy (non-hydrogen) atoms. The van der Waals surface area contributed by atoms with Crippen molar-refractivity contribution in [2.24, 2.45) is 0 Å². The first-order valence-electron chi connectivity index (χ1n) is 4.90. The molecule has 0 heterocycles. The lowest BCUT2D eigenvalue weighted by Crippen LogP contribution is -2.46. The Bertz CT molecular complexity index is 211. The normalized spacial score (nSPS) is 11.1. The van der Waals surface area contributed by atoms with Crippen molar-refractivity contribution in [3.8, 4) is 0 Å². The molecule has 0 aromatic carbocycles. The molecule has 0 radical (unpaired) electrons. The van der Waals surface area contributed by atoms with Gasteiger partial charge in [0.2, 0.25) is 0 Å². The Labute approximate surface area is 85.4 Å². The molecular formula is C10H20NO3+. The molecule has 0 rings (SSSR count). The molecular weight excluding hydrogens is 182 g/mol. The van der Waals surface area contributed by atoms with Crippen molar-refractivity contribution >= 4 is 11.9 Å². The minimum atomic E-state index is -0.240. The number of ketones is 1. The van der Waals surface area contributed by atoms with Gasteiger partial charge in [0, 0.05) is 12.8 Å². The van der Waals surface area contributed by atoms with E-state index in [1.54, 1.807) is 27.9 Å². The van der Waals surface area contributed by atoms with Gasteiger partial charge >= 0.3 is 6.09 Å². The number of ether oxygens (including phenoxy) is 1. The lowest BCUT2D eigenvalue weighted by atomic mass is 10.2. The molecule has 0 saturated heterocycles. The van der Waals surface area contributed by atoms with Crippen LogP contribution in [0.1, 0.15) is 26.7 Å². The highest BCUT2D eigenvalue weighted by Gasteiger charge is 2.27. The van der Waals surface area contributed by atoms with Crippen LogP contribution in [0.2, 0.25) is 0 Å². The molecule has 0 aliphatic carbocycles. The van der Waals surface area contributed by atoms with Crippen LogP contribution in [0, 0.1) is 0 Å². The minimum absolute atomic E-state index is 0.161. The summed E-state index contributed by atoms with van der Waals surface area (Å²) in [6, 6.07) is 0. The van der Waals surface area contributed by atoms with Gasteiger partial charge in [-0.25, -0.2) is 4.48 Å². The summed E-state index contributed by atoms with van der Waals surface area (Å²) in [6.45, 7) is 4.38. The van der Waals surface area contributed by atoms with Gasteiger partial charge in [-0.05, 0) is 13.8 Å². The highest BCUT2D eigenvalue weighted by atomic mass is 16.6. The highest BCUT2D eigenvalue weighted by molar-refractivity contribution is 5.75. The Balaban J connectivity index is 3.93. The van der Waals surface area contributed by atoms with Gasteiger partial charge in [0.1, 0.15) is 5.78 Å². The third-order valence-corrected chi connectivity index (χ3v) is 2.01. The number of carbonyl (C=O) groups excluding carboxylic acids is 2. The maximum Gasteiger partial charge on any atom is 0.515 e. The summed E-state index contributed by atoms with van der Waals surface area (Å²) in [5.74, 6) is 0.161. The highest BCUT2D eigenvalue weighted by Crippen LogP contribution is 2.05. The first-order valence-corrected chi connectivity index (χ1v) is 4.90. The molecule has 0 aliphatic heterocycles. The molecule has 0 saturated carbocycles. The van der Waals surface area contributed by atoms with E-state index >= 15 is 0 Å². The van der Waals surface area contributed by atoms with Crippen molar-refractivity contribution in [1.82, 2.24) is 0 Å². The Morgan fingerprint density at radius 1 is 1.29 bits per heavy atom. The summed E-state index contributed by atoms with van der Waals surface area (Å²) in [7, 11) is 3.58. The van der Waals surface area contributed by atoms with Gasteiger partial charge in [-0.3, -0.25) is 0 Å². The van der Waals surface area contributed by atoms with Gasteiger partial charge in [-0.2, -0.15) is 4.79 Å². The first kappa shape index (κ1) is 13.1. The average Bonchev–Trinajstić information content (AvgIpc) is 2.03. The first-order chi connectivity index (χ1) is 6.40. The molecule has 82 valence electrons. The van der Waals surface area contributed by atoms with Gasteiger partial charge < -0.3 is 9.53 Å². The van der Waals surface area contributed by atoms with Crippen LogP contribution in [0.4, 0.5) is 4.79 Å². The second kappa shape index (κ2) is 5.75. The number of amides is 1. The fraction of sp³-hybridized carbons (Fsp3) is 0.800. The topological polar surface area (TPSA) is 43.4 Å². The van der Waals surface area contributed by atoms with E-state index in [0.29, 0.717) is 19.6 Å². The van der Waals surface area contributed by atoms with E-state index in [1.807, 2.05) is 0 Å². The molecule has 4 nitrogen and oxygen atoms in total. The molecule has 0 bridgehead atoms. The number of quaternary nitrogens is 1. The van der Waals surface area contributed by atoms with Gasteiger partial charge in [-0.15, -0.1) is 0 Å². The largest absolute Gasteiger partial charge is 0.515 e. The number of Topliss-reactive ketones (excluding diaryl/α,β-unsaturated/α-hetero) is 1. The van der Waals surface area contributed by atoms with Crippen LogP contribution in [0.5, 0.6) is 0 Å². The van der Waals surface area contributed by atoms with Crippen molar-refractivity contribution in [1.29, 1.82) is 0 Å². The summed E-state index contributed by atoms with van der Waals surface area (Å²) in [6.07, 6.45) is 1.01. The molecule has 0 fully saturated rings. The van der Waals surface area contributed by atoms with Gasteiger partial charge in [-0.1, -0.05) is 0 Å². The number of carbonyl (C=O) groups is 2. The number of rotatable bonds is 5. The Kier molecular flexibility index (Phi) is 5.38. The Morgan fingerprint density at radius 2 is 1.86 bits per heavy atom. The number of nitrogens with zero attached hydrogens (tertiary/aromatic N) is 1. The smallest absolute Gasteiger partial charge is 0.420 e. The molecule has 0 aromatic rings. The monoisotopic (exact) mass is 202 g/mol. The zero-order chi connectivity index (χ0) is 11.2. The van der Waals surface area contributed by atoms with Crippen LogP contribution in [0.15, 0.2) is 0 Å². The second-order valence-corrected chi connectivity index (χ2v) is 3.91. The lowest BCUT2D eigenvalue weighted by molar-refractivity contribution is -0.817. The van der Waals surface area contributed by atoms with Crippen LogP contribution in [-0.4, -0.2) is 43.6 Å². The molecule has 4 heteroatoms. The summed E-state index contributed by atoms with van der Waals surface area (Å²) < 4.78 is 5.09. The zero-order valence-electron chi connectivity index (χ0n) is 9.50. The molecule has 0 aliphatic rings. The van der Waals surface area contributed by atoms with Gasteiger partial charge in [0.25, 0.3) is 0 Å². The van der Waals surface area contributed by atoms with E-state index in [-0.39, 0.29) is 16.4 Å². The molecule has 0 aromatic heterocycles. The summed E-state index contributed by atoms with van der Waals surface area (Å²) in [5.41, 5.74) is 0. The quantitative estimate of drug-likeness (QED) is 0.636. The summed E-state index contributed by atoms with van der Waals surface area (Å²) in [5, 5.41) is 0. The third kappa shape index (κ3) is 4.97.